The summed E-state index contributed by atoms with van der Waals surface area (Å²) in [6.45, 7) is 4.37. The highest BCUT2D eigenvalue weighted by Gasteiger charge is 2.37. The van der Waals surface area contributed by atoms with E-state index in [9.17, 15) is 9.59 Å². The molecule has 1 unspecified atom stereocenters. The number of pyridine rings is 2. The fourth-order valence-electron chi connectivity index (χ4n) is 4.55. The molecule has 174 valence electrons. The van der Waals surface area contributed by atoms with Crippen LogP contribution in [0.2, 0.25) is 0 Å². The standard InChI is InChI=1S/C27H22N4O4/c1-3-30-15-19(25(32)18-11-10-16(2)28-26(18)30)27(33)31-21(23-9-6-12-34-23)14-20(29-31)24-13-17-7-4-5-8-22(17)35-24/h4-13,15,21H,3,14H2,1-2H3. The Morgan fingerprint density at radius 2 is 2.00 bits per heavy atom. The molecule has 1 atom stereocenters. The molecule has 1 aliphatic heterocycles. The van der Waals surface area contributed by atoms with Crippen LogP contribution in [0.1, 0.15) is 47.0 Å². The molecule has 0 fully saturated rings. The highest BCUT2D eigenvalue weighted by atomic mass is 16.3. The van der Waals surface area contributed by atoms with Gasteiger partial charge in [-0.25, -0.2) is 9.99 Å². The molecule has 8 nitrogen and oxygen atoms in total. The monoisotopic (exact) mass is 466 g/mol. The number of nitrogens with zero attached hydrogens (tertiary/aromatic N) is 4. The van der Waals surface area contributed by atoms with Crippen LogP contribution >= 0.6 is 0 Å². The van der Waals surface area contributed by atoms with E-state index in [1.807, 2.05) is 48.7 Å². The van der Waals surface area contributed by atoms with E-state index in [1.54, 1.807) is 36.7 Å². The van der Waals surface area contributed by atoms with Crippen molar-refractivity contribution in [2.75, 3.05) is 0 Å². The summed E-state index contributed by atoms with van der Waals surface area (Å²) in [5.74, 6) is 0.677. The van der Waals surface area contributed by atoms with E-state index in [0.29, 0.717) is 41.2 Å². The van der Waals surface area contributed by atoms with E-state index in [2.05, 4.69) is 10.1 Å². The molecule has 0 aliphatic carbocycles. The zero-order chi connectivity index (χ0) is 24.1. The SMILES string of the molecule is CCn1cc(C(=O)N2N=C(c3cc4ccccc4o3)CC2c2ccco2)c(=O)c2ccc(C)nc21. The summed E-state index contributed by atoms with van der Waals surface area (Å²) >= 11 is 0. The van der Waals surface area contributed by atoms with Crippen LogP contribution < -0.4 is 5.43 Å². The second kappa shape index (κ2) is 8.09. The van der Waals surface area contributed by atoms with Crippen LogP contribution in [0.15, 0.2) is 85.8 Å². The third-order valence-electron chi connectivity index (χ3n) is 6.33. The van der Waals surface area contributed by atoms with Gasteiger partial charge < -0.3 is 13.4 Å². The second-order valence-electron chi connectivity index (χ2n) is 8.56. The molecule has 6 rings (SSSR count). The number of para-hydroxylation sites is 1. The lowest BCUT2D eigenvalue weighted by Crippen LogP contribution is -2.32. The van der Waals surface area contributed by atoms with Crippen molar-refractivity contribution in [2.45, 2.75) is 32.9 Å². The zero-order valence-corrected chi connectivity index (χ0v) is 19.3. The molecular weight excluding hydrogens is 444 g/mol. The Labute approximate surface area is 200 Å². The van der Waals surface area contributed by atoms with Crippen LogP contribution in [-0.4, -0.2) is 26.2 Å². The van der Waals surface area contributed by atoms with Gasteiger partial charge >= 0.3 is 0 Å². The van der Waals surface area contributed by atoms with Gasteiger partial charge in [0, 0.05) is 30.2 Å². The lowest BCUT2D eigenvalue weighted by Gasteiger charge is -2.20. The average Bonchev–Trinajstić information content (AvgIpc) is 3.62. The first-order chi connectivity index (χ1) is 17.0. The van der Waals surface area contributed by atoms with Crippen LogP contribution in [0.25, 0.3) is 22.0 Å². The van der Waals surface area contributed by atoms with Crippen molar-refractivity contribution in [2.24, 2.45) is 5.10 Å². The van der Waals surface area contributed by atoms with Crippen molar-refractivity contribution in [3.05, 3.63) is 100 Å². The number of rotatable bonds is 4. The summed E-state index contributed by atoms with van der Waals surface area (Å²) in [6, 6.07) is 16.2. The number of fused-ring (bicyclic) bond motifs is 2. The Morgan fingerprint density at radius 3 is 2.77 bits per heavy atom. The fourth-order valence-corrected chi connectivity index (χ4v) is 4.55. The Kier molecular flexibility index (Phi) is 4.88. The van der Waals surface area contributed by atoms with Gasteiger partial charge in [0.2, 0.25) is 5.43 Å². The minimum Gasteiger partial charge on any atom is -0.467 e. The highest BCUT2D eigenvalue weighted by molar-refractivity contribution is 6.05. The smallest absolute Gasteiger partial charge is 0.280 e. The third kappa shape index (κ3) is 3.45. The van der Waals surface area contributed by atoms with Crippen LogP contribution in [0.5, 0.6) is 0 Å². The van der Waals surface area contributed by atoms with Crippen molar-refractivity contribution < 1.29 is 13.6 Å². The molecule has 1 aliphatic rings. The molecule has 1 aromatic carbocycles. The van der Waals surface area contributed by atoms with Gasteiger partial charge in [0.05, 0.1) is 11.6 Å². The maximum atomic E-state index is 13.8. The highest BCUT2D eigenvalue weighted by Crippen LogP contribution is 2.35. The van der Waals surface area contributed by atoms with Gasteiger partial charge in [0.25, 0.3) is 5.91 Å². The molecule has 0 radical (unpaired) electrons. The van der Waals surface area contributed by atoms with Crippen molar-refractivity contribution in [1.82, 2.24) is 14.6 Å². The summed E-state index contributed by atoms with van der Waals surface area (Å²) < 4.78 is 13.5. The van der Waals surface area contributed by atoms with Crippen LogP contribution in [0, 0.1) is 6.92 Å². The number of hydrogen-bond acceptors (Lipinski definition) is 6. The van der Waals surface area contributed by atoms with Crippen molar-refractivity contribution in [3.63, 3.8) is 0 Å². The first-order valence-electron chi connectivity index (χ1n) is 11.5. The number of benzene rings is 1. The topological polar surface area (TPSA) is 93.8 Å². The number of hydrazone groups is 1. The van der Waals surface area contributed by atoms with Crippen molar-refractivity contribution in [1.29, 1.82) is 0 Å². The van der Waals surface area contributed by atoms with Crippen LogP contribution in [0.4, 0.5) is 0 Å². The van der Waals surface area contributed by atoms with E-state index in [-0.39, 0.29) is 11.0 Å². The van der Waals surface area contributed by atoms with E-state index < -0.39 is 11.9 Å². The molecule has 0 saturated carbocycles. The maximum absolute atomic E-state index is 13.8. The van der Waals surface area contributed by atoms with Crippen LogP contribution in [-0.2, 0) is 6.54 Å². The van der Waals surface area contributed by atoms with Crippen molar-refractivity contribution >= 4 is 33.6 Å². The van der Waals surface area contributed by atoms with Gasteiger partial charge in [-0.05, 0) is 50.2 Å². The molecule has 0 N–H and O–H groups in total. The summed E-state index contributed by atoms with van der Waals surface area (Å²) in [6.07, 6.45) is 3.54. The molecular formula is C27H22N4O4. The maximum Gasteiger partial charge on any atom is 0.280 e. The number of aryl methyl sites for hydroxylation is 2. The first-order valence-corrected chi connectivity index (χ1v) is 11.5. The molecule has 0 bridgehead atoms. The minimum atomic E-state index is -0.498. The molecule has 0 spiro atoms. The molecule has 0 saturated heterocycles. The van der Waals surface area contributed by atoms with E-state index in [0.717, 1.165) is 16.7 Å². The normalized spacial score (nSPS) is 15.8. The number of aromatic nitrogens is 2. The summed E-state index contributed by atoms with van der Waals surface area (Å²) in [7, 11) is 0. The zero-order valence-electron chi connectivity index (χ0n) is 19.3. The van der Waals surface area contributed by atoms with Gasteiger partial charge in [0.15, 0.2) is 5.76 Å². The number of furan rings is 2. The second-order valence-corrected chi connectivity index (χ2v) is 8.56. The quantitative estimate of drug-likeness (QED) is 0.369. The van der Waals surface area contributed by atoms with Gasteiger partial charge in [-0.15, -0.1) is 0 Å². The summed E-state index contributed by atoms with van der Waals surface area (Å²) in [5, 5.41) is 7.33. The Balaban J connectivity index is 1.47. The molecule has 5 heterocycles. The Morgan fingerprint density at radius 1 is 1.14 bits per heavy atom. The Hall–Kier alpha value is -4.46. The predicted octanol–water partition coefficient (Wildman–Crippen LogP) is 5.06. The molecule has 5 aromatic rings. The first kappa shape index (κ1) is 21.1. The summed E-state index contributed by atoms with van der Waals surface area (Å²) in [4.78, 5) is 31.7. The Bertz CT molecular complexity index is 1640. The molecule has 8 heteroatoms. The van der Waals surface area contributed by atoms with E-state index in [4.69, 9.17) is 8.83 Å². The van der Waals surface area contributed by atoms with E-state index in [1.165, 1.54) is 5.01 Å². The average molecular weight is 466 g/mol. The fraction of sp³-hybridized carbons (Fsp3) is 0.185. The minimum absolute atomic E-state index is 0.0381. The van der Waals surface area contributed by atoms with Gasteiger partial charge in [-0.1, -0.05) is 18.2 Å². The third-order valence-corrected chi connectivity index (χ3v) is 6.33. The molecule has 1 amide bonds. The lowest BCUT2D eigenvalue weighted by atomic mass is 10.1. The van der Waals surface area contributed by atoms with Gasteiger partial charge in [-0.2, -0.15) is 5.10 Å². The molecule has 4 aromatic heterocycles. The van der Waals surface area contributed by atoms with Crippen LogP contribution in [0.3, 0.4) is 0 Å². The van der Waals surface area contributed by atoms with E-state index >= 15 is 0 Å². The predicted molar refractivity (Wildman–Crippen MR) is 131 cm³/mol. The largest absolute Gasteiger partial charge is 0.467 e. The number of carbonyl (C=O) groups excluding carboxylic acids is 1. The number of carbonyl (C=O) groups is 1. The number of hydrogen-bond donors (Lipinski definition) is 0. The number of amides is 1. The van der Waals surface area contributed by atoms with Gasteiger partial charge in [0.1, 0.15) is 34.3 Å². The lowest BCUT2D eigenvalue weighted by molar-refractivity contribution is 0.0691. The van der Waals surface area contributed by atoms with Crippen molar-refractivity contribution in [3.8, 4) is 0 Å². The summed E-state index contributed by atoms with van der Waals surface area (Å²) in [5.41, 5.74) is 2.39. The molecule has 35 heavy (non-hydrogen) atoms. The van der Waals surface area contributed by atoms with Gasteiger partial charge in [-0.3, -0.25) is 9.59 Å².